The maximum Gasteiger partial charge on any atom is 0.00608 e. The molecule has 2 heteroatoms. The zero-order chi connectivity index (χ0) is 9.40. The summed E-state index contributed by atoms with van der Waals surface area (Å²) >= 11 is 0. The van der Waals surface area contributed by atoms with Crippen molar-refractivity contribution in [2.75, 3.05) is 14.1 Å². The van der Waals surface area contributed by atoms with Crippen LogP contribution >= 0.6 is 12.4 Å². The highest BCUT2D eigenvalue weighted by Gasteiger charge is 2.02. The van der Waals surface area contributed by atoms with Gasteiger partial charge < -0.3 is 4.90 Å². The Bertz CT molecular complexity index is 94.1. The molecule has 0 heterocycles. The highest BCUT2D eigenvalue weighted by molar-refractivity contribution is 5.85. The van der Waals surface area contributed by atoms with E-state index in [1.54, 1.807) is 0 Å². The fourth-order valence-corrected chi connectivity index (χ4v) is 1.30. The van der Waals surface area contributed by atoms with Crippen molar-refractivity contribution in [3.63, 3.8) is 0 Å². The van der Waals surface area contributed by atoms with Gasteiger partial charge in [0.25, 0.3) is 0 Å². The molecule has 0 N–H and O–H groups in total. The van der Waals surface area contributed by atoms with Gasteiger partial charge in [0, 0.05) is 6.04 Å². The van der Waals surface area contributed by atoms with Gasteiger partial charge in [-0.3, -0.25) is 0 Å². The molecule has 0 amide bonds. The second-order valence-electron chi connectivity index (χ2n) is 4.02. The number of unbranched alkanes of at least 4 members (excludes halogenated alkanes) is 4. The molecule has 0 saturated carbocycles. The van der Waals surface area contributed by atoms with Gasteiger partial charge in [-0.1, -0.05) is 39.0 Å². The molecule has 1 nitrogen and oxygen atoms in total. The van der Waals surface area contributed by atoms with Crippen LogP contribution in [0.15, 0.2) is 0 Å². The summed E-state index contributed by atoms with van der Waals surface area (Å²) in [5.41, 5.74) is 0. The van der Waals surface area contributed by atoms with Crippen molar-refractivity contribution in [3.05, 3.63) is 0 Å². The average Bonchev–Trinajstić information content (AvgIpc) is 2.03. The standard InChI is InChI=1S/C11H25N.ClH/c1-5-6-7-8-9-10-11(2)12(3)4;/h11H,5-10H2,1-4H3;1H. The van der Waals surface area contributed by atoms with Crippen molar-refractivity contribution >= 4 is 12.4 Å². The Kier molecular flexibility index (Phi) is 12.5. The van der Waals surface area contributed by atoms with Crippen LogP contribution in [0.5, 0.6) is 0 Å². The number of hydrogen-bond donors (Lipinski definition) is 0. The minimum atomic E-state index is 0. The van der Waals surface area contributed by atoms with Crippen molar-refractivity contribution < 1.29 is 0 Å². The van der Waals surface area contributed by atoms with E-state index in [9.17, 15) is 0 Å². The van der Waals surface area contributed by atoms with Crippen molar-refractivity contribution in [3.8, 4) is 0 Å². The summed E-state index contributed by atoms with van der Waals surface area (Å²) in [5, 5.41) is 0. The minimum absolute atomic E-state index is 0. The van der Waals surface area contributed by atoms with E-state index in [2.05, 4.69) is 32.8 Å². The van der Waals surface area contributed by atoms with E-state index in [-0.39, 0.29) is 12.4 Å². The van der Waals surface area contributed by atoms with Gasteiger partial charge in [-0.25, -0.2) is 0 Å². The highest BCUT2D eigenvalue weighted by Crippen LogP contribution is 2.08. The smallest absolute Gasteiger partial charge is 0.00608 e. The lowest BCUT2D eigenvalue weighted by Gasteiger charge is -2.19. The normalized spacial score (nSPS) is 12.7. The van der Waals surface area contributed by atoms with Crippen LogP contribution in [0.3, 0.4) is 0 Å². The topological polar surface area (TPSA) is 3.24 Å². The molecule has 0 aromatic carbocycles. The van der Waals surface area contributed by atoms with Crippen molar-refractivity contribution in [2.45, 2.75) is 58.4 Å². The van der Waals surface area contributed by atoms with Crippen LogP contribution in [0.25, 0.3) is 0 Å². The van der Waals surface area contributed by atoms with Gasteiger partial charge in [0.05, 0.1) is 0 Å². The summed E-state index contributed by atoms with van der Waals surface area (Å²) < 4.78 is 0. The van der Waals surface area contributed by atoms with E-state index in [1.165, 1.54) is 38.5 Å². The van der Waals surface area contributed by atoms with Crippen molar-refractivity contribution in [1.82, 2.24) is 4.90 Å². The Balaban J connectivity index is 0. The lowest BCUT2D eigenvalue weighted by molar-refractivity contribution is 0.291. The summed E-state index contributed by atoms with van der Waals surface area (Å²) in [6.45, 7) is 4.57. The molecule has 0 aliphatic rings. The lowest BCUT2D eigenvalue weighted by atomic mass is 10.1. The van der Waals surface area contributed by atoms with Gasteiger partial charge in [0.15, 0.2) is 0 Å². The Morgan fingerprint density at radius 3 is 2.00 bits per heavy atom. The van der Waals surface area contributed by atoms with E-state index in [4.69, 9.17) is 0 Å². The molecule has 1 unspecified atom stereocenters. The highest BCUT2D eigenvalue weighted by atomic mass is 35.5. The first kappa shape index (κ1) is 15.7. The van der Waals surface area contributed by atoms with Gasteiger partial charge >= 0.3 is 0 Å². The van der Waals surface area contributed by atoms with E-state index in [0.717, 1.165) is 6.04 Å². The predicted octanol–water partition coefficient (Wildman–Crippen LogP) is 3.72. The maximum atomic E-state index is 2.31. The molecule has 0 aliphatic carbocycles. The molecule has 0 radical (unpaired) electrons. The van der Waals surface area contributed by atoms with Gasteiger partial charge in [0.1, 0.15) is 0 Å². The predicted molar refractivity (Wildman–Crippen MR) is 63.8 cm³/mol. The van der Waals surface area contributed by atoms with Gasteiger partial charge in [-0.05, 0) is 27.4 Å². The Morgan fingerprint density at radius 1 is 1.00 bits per heavy atom. The number of rotatable bonds is 7. The molecule has 0 aromatic rings. The molecule has 0 bridgehead atoms. The minimum Gasteiger partial charge on any atom is -0.307 e. The van der Waals surface area contributed by atoms with Gasteiger partial charge in [-0.2, -0.15) is 0 Å². The molecule has 0 saturated heterocycles. The molecule has 0 fully saturated rings. The van der Waals surface area contributed by atoms with Crippen LogP contribution in [0.4, 0.5) is 0 Å². The molecule has 0 aromatic heterocycles. The number of nitrogens with zero attached hydrogens (tertiary/aromatic N) is 1. The third-order valence-corrected chi connectivity index (χ3v) is 2.61. The molecular weight excluding hydrogens is 182 g/mol. The second-order valence-corrected chi connectivity index (χ2v) is 4.02. The molecule has 1 atom stereocenters. The monoisotopic (exact) mass is 207 g/mol. The summed E-state index contributed by atoms with van der Waals surface area (Å²) in [6, 6.07) is 0.756. The summed E-state index contributed by atoms with van der Waals surface area (Å²) in [5.74, 6) is 0. The van der Waals surface area contributed by atoms with Crippen LogP contribution in [0.2, 0.25) is 0 Å². The van der Waals surface area contributed by atoms with E-state index < -0.39 is 0 Å². The van der Waals surface area contributed by atoms with Crippen molar-refractivity contribution in [1.29, 1.82) is 0 Å². The molecule has 82 valence electrons. The fraction of sp³-hybridized carbons (Fsp3) is 1.00. The molecule has 0 rings (SSSR count). The van der Waals surface area contributed by atoms with E-state index >= 15 is 0 Å². The fourth-order valence-electron chi connectivity index (χ4n) is 1.30. The Labute approximate surface area is 90.3 Å². The Morgan fingerprint density at radius 2 is 1.54 bits per heavy atom. The van der Waals surface area contributed by atoms with Crippen LogP contribution in [-0.2, 0) is 0 Å². The SMILES string of the molecule is CCCCCCCC(C)N(C)C.Cl. The molecule has 0 spiro atoms. The quantitative estimate of drug-likeness (QED) is 0.576. The summed E-state index contributed by atoms with van der Waals surface area (Å²) in [4.78, 5) is 2.31. The third kappa shape index (κ3) is 10.2. The van der Waals surface area contributed by atoms with E-state index in [0.29, 0.717) is 0 Å². The largest absolute Gasteiger partial charge is 0.307 e. The first-order valence-corrected chi connectivity index (χ1v) is 5.35. The Hall–Kier alpha value is 0.250. The first-order chi connectivity index (χ1) is 5.68. The number of hydrogen-bond acceptors (Lipinski definition) is 1. The molecule has 0 aliphatic heterocycles. The van der Waals surface area contributed by atoms with Crippen LogP contribution in [0.1, 0.15) is 52.4 Å². The van der Waals surface area contributed by atoms with Crippen LogP contribution in [0, 0.1) is 0 Å². The third-order valence-electron chi connectivity index (χ3n) is 2.61. The first-order valence-electron chi connectivity index (χ1n) is 5.35. The van der Waals surface area contributed by atoms with Crippen LogP contribution < -0.4 is 0 Å². The zero-order valence-corrected chi connectivity index (χ0v) is 10.5. The lowest BCUT2D eigenvalue weighted by Crippen LogP contribution is -2.24. The molecular formula is C11H26ClN. The number of halogens is 1. The summed E-state index contributed by atoms with van der Waals surface area (Å²) in [7, 11) is 4.33. The molecule has 13 heavy (non-hydrogen) atoms. The second kappa shape index (κ2) is 10.3. The van der Waals surface area contributed by atoms with Gasteiger partial charge in [-0.15, -0.1) is 12.4 Å². The van der Waals surface area contributed by atoms with E-state index in [1.807, 2.05) is 0 Å². The van der Waals surface area contributed by atoms with Crippen molar-refractivity contribution in [2.24, 2.45) is 0 Å². The summed E-state index contributed by atoms with van der Waals surface area (Å²) in [6.07, 6.45) is 8.37. The average molecular weight is 208 g/mol. The van der Waals surface area contributed by atoms with Crippen LogP contribution in [-0.4, -0.2) is 25.0 Å². The van der Waals surface area contributed by atoms with Gasteiger partial charge in [0.2, 0.25) is 0 Å². The zero-order valence-electron chi connectivity index (χ0n) is 9.68. The maximum absolute atomic E-state index is 2.31.